The van der Waals surface area contributed by atoms with Crippen molar-refractivity contribution in [3.8, 4) is 0 Å². The quantitative estimate of drug-likeness (QED) is 0.502. The standard InChI is InChI=1S/C11H20/c1-4-10-7-5-6-8-11(10)9(2)3/h4,9,11H,5-8H2,1-3H3/b10-4+. The molecule has 0 aromatic heterocycles. The van der Waals surface area contributed by atoms with Crippen molar-refractivity contribution in [2.75, 3.05) is 0 Å². The Morgan fingerprint density at radius 3 is 2.55 bits per heavy atom. The van der Waals surface area contributed by atoms with E-state index in [0.29, 0.717) is 0 Å². The molecule has 0 saturated heterocycles. The lowest BCUT2D eigenvalue weighted by atomic mass is 9.78. The predicted octanol–water partition coefficient (Wildman–Crippen LogP) is 3.78. The van der Waals surface area contributed by atoms with Gasteiger partial charge in [-0.05, 0) is 38.0 Å². The van der Waals surface area contributed by atoms with E-state index in [4.69, 9.17) is 0 Å². The van der Waals surface area contributed by atoms with E-state index in [1.807, 2.05) is 0 Å². The Labute approximate surface area is 70.7 Å². The van der Waals surface area contributed by atoms with Gasteiger partial charge >= 0.3 is 0 Å². The predicted molar refractivity (Wildman–Crippen MR) is 50.6 cm³/mol. The molecule has 0 aromatic carbocycles. The zero-order valence-electron chi connectivity index (χ0n) is 8.06. The van der Waals surface area contributed by atoms with Crippen molar-refractivity contribution >= 4 is 0 Å². The lowest BCUT2D eigenvalue weighted by Gasteiger charge is -2.28. The maximum atomic E-state index is 2.35. The van der Waals surface area contributed by atoms with E-state index in [2.05, 4.69) is 26.8 Å². The molecule has 1 aliphatic carbocycles. The SMILES string of the molecule is C/C=C1\CCCCC1C(C)C. The van der Waals surface area contributed by atoms with Gasteiger partial charge < -0.3 is 0 Å². The summed E-state index contributed by atoms with van der Waals surface area (Å²) < 4.78 is 0. The third-order valence-corrected chi connectivity index (χ3v) is 2.88. The highest BCUT2D eigenvalue weighted by Gasteiger charge is 2.20. The number of rotatable bonds is 1. The van der Waals surface area contributed by atoms with Crippen LogP contribution in [0.3, 0.4) is 0 Å². The molecular weight excluding hydrogens is 132 g/mol. The fraction of sp³-hybridized carbons (Fsp3) is 0.818. The van der Waals surface area contributed by atoms with Gasteiger partial charge in [0.15, 0.2) is 0 Å². The molecule has 0 spiro atoms. The van der Waals surface area contributed by atoms with Crippen LogP contribution in [0.15, 0.2) is 11.6 Å². The second-order valence-electron chi connectivity index (χ2n) is 3.96. The molecule has 11 heavy (non-hydrogen) atoms. The van der Waals surface area contributed by atoms with Gasteiger partial charge in [0.05, 0.1) is 0 Å². The summed E-state index contributed by atoms with van der Waals surface area (Å²) in [5.74, 6) is 1.75. The maximum Gasteiger partial charge on any atom is -0.0180 e. The van der Waals surface area contributed by atoms with Gasteiger partial charge in [0.1, 0.15) is 0 Å². The van der Waals surface area contributed by atoms with Gasteiger partial charge in [-0.15, -0.1) is 0 Å². The molecule has 64 valence electrons. The van der Waals surface area contributed by atoms with Crippen molar-refractivity contribution in [2.24, 2.45) is 11.8 Å². The molecule has 0 heterocycles. The van der Waals surface area contributed by atoms with Crippen LogP contribution < -0.4 is 0 Å². The second-order valence-corrected chi connectivity index (χ2v) is 3.96. The third kappa shape index (κ3) is 2.08. The van der Waals surface area contributed by atoms with Gasteiger partial charge in [-0.2, -0.15) is 0 Å². The van der Waals surface area contributed by atoms with Gasteiger partial charge in [-0.3, -0.25) is 0 Å². The van der Waals surface area contributed by atoms with Crippen molar-refractivity contribution in [1.82, 2.24) is 0 Å². The monoisotopic (exact) mass is 152 g/mol. The first kappa shape index (κ1) is 8.83. The molecule has 1 rings (SSSR count). The molecule has 0 aromatic rings. The normalized spacial score (nSPS) is 29.8. The molecule has 1 saturated carbocycles. The molecule has 0 bridgehead atoms. The van der Waals surface area contributed by atoms with Crippen LogP contribution in [0, 0.1) is 11.8 Å². The maximum absolute atomic E-state index is 2.35. The smallest absolute Gasteiger partial charge is 0.0180 e. The Morgan fingerprint density at radius 1 is 1.36 bits per heavy atom. The lowest BCUT2D eigenvalue weighted by Crippen LogP contribution is -2.15. The Kier molecular flexibility index (Phi) is 3.16. The minimum absolute atomic E-state index is 0.849. The summed E-state index contributed by atoms with van der Waals surface area (Å²) in [7, 11) is 0. The van der Waals surface area contributed by atoms with Crippen LogP contribution in [0.4, 0.5) is 0 Å². The fourth-order valence-corrected chi connectivity index (χ4v) is 2.18. The first-order chi connectivity index (χ1) is 5.25. The van der Waals surface area contributed by atoms with Crippen molar-refractivity contribution in [1.29, 1.82) is 0 Å². The fourth-order valence-electron chi connectivity index (χ4n) is 2.18. The average Bonchev–Trinajstić information content (AvgIpc) is 2.04. The summed E-state index contributed by atoms with van der Waals surface area (Å²) in [6.07, 6.45) is 7.99. The Balaban J connectivity index is 2.59. The summed E-state index contributed by atoms with van der Waals surface area (Å²) in [6.45, 7) is 6.88. The van der Waals surface area contributed by atoms with Crippen LogP contribution in [0.5, 0.6) is 0 Å². The van der Waals surface area contributed by atoms with Crippen molar-refractivity contribution in [3.05, 3.63) is 11.6 Å². The highest BCUT2D eigenvalue weighted by molar-refractivity contribution is 5.08. The van der Waals surface area contributed by atoms with Crippen LogP contribution in [-0.4, -0.2) is 0 Å². The van der Waals surface area contributed by atoms with Gasteiger partial charge in [0.25, 0.3) is 0 Å². The van der Waals surface area contributed by atoms with Crippen LogP contribution in [0.25, 0.3) is 0 Å². The topological polar surface area (TPSA) is 0 Å². The van der Waals surface area contributed by atoms with Crippen molar-refractivity contribution in [2.45, 2.75) is 46.5 Å². The highest BCUT2D eigenvalue weighted by atomic mass is 14.3. The zero-order valence-corrected chi connectivity index (χ0v) is 8.06. The van der Waals surface area contributed by atoms with E-state index >= 15 is 0 Å². The Hall–Kier alpha value is -0.260. The van der Waals surface area contributed by atoms with Crippen molar-refractivity contribution in [3.63, 3.8) is 0 Å². The summed E-state index contributed by atoms with van der Waals surface area (Å²) in [5.41, 5.74) is 1.71. The summed E-state index contributed by atoms with van der Waals surface area (Å²) in [6, 6.07) is 0. The molecule has 1 aliphatic rings. The van der Waals surface area contributed by atoms with E-state index in [1.54, 1.807) is 5.57 Å². The first-order valence-corrected chi connectivity index (χ1v) is 4.90. The summed E-state index contributed by atoms with van der Waals surface area (Å²) >= 11 is 0. The second kappa shape index (κ2) is 3.94. The van der Waals surface area contributed by atoms with Crippen LogP contribution in [0.1, 0.15) is 46.5 Å². The lowest BCUT2D eigenvalue weighted by molar-refractivity contribution is 0.356. The van der Waals surface area contributed by atoms with Gasteiger partial charge in [0, 0.05) is 0 Å². The van der Waals surface area contributed by atoms with Gasteiger partial charge in [-0.25, -0.2) is 0 Å². The minimum atomic E-state index is 0.849. The summed E-state index contributed by atoms with van der Waals surface area (Å²) in [5, 5.41) is 0. The molecule has 1 unspecified atom stereocenters. The van der Waals surface area contributed by atoms with E-state index in [1.165, 1.54) is 25.7 Å². The van der Waals surface area contributed by atoms with E-state index in [0.717, 1.165) is 11.8 Å². The summed E-state index contributed by atoms with van der Waals surface area (Å²) in [4.78, 5) is 0. The molecular formula is C11H20. The molecule has 0 N–H and O–H groups in total. The molecule has 0 amide bonds. The first-order valence-electron chi connectivity index (χ1n) is 4.90. The van der Waals surface area contributed by atoms with Gasteiger partial charge in [0.2, 0.25) is 0 Å². The Bertz CT molecular complexity index is 142. The molecule has 1 fully saturated rings. The highest BCUT2D eigenvalue weighted by Crippen LogP contribution is 2.34. The largest absolute Gasteiger partial charge is 0.0882 e. The van der Waals surface area contributed by atoms with Crippen LogP contribution >= 0.6 is 0 Å². The van der Waals surface area contributed by atoms with Crippen molar-refractivity contribution < 1.29 is 0 Å². The van der Waals surface area contributed by atoms with E-state index < -0.39 is 0 Å². The Morgan fingerprint density at radius 2 is 2.09 bits per heavy atom. The average molecular weight is 152 g/mol. The number of allylic oxidation sites excluding steroid dienone is 2. The van der Waals surface area contributed by atoms with Gasteiger partial charge in [-0.1, -0.05) is 31.9 Å². The molecule has 1 atom stereocenters. The third-order valence-electron chi connectivity index (χ3n) is 2.88. The molecule has 0 radical (unpaired) electrons. The zero-order chi connectivity index (χ0) is 8.27. The molecule has 0 aliphatic heterocycles. The minimum Gasteiger partial charge on any atom is -0.0882 e. The molecule has 0 heteroatoms. The number of hydrogen-bond acceptors (Lipinski definition) is 0. The van der Waals surface area contributed by atoms with Crippen LogP contribution in [-0.2, 0) is 0 Å². The van der Waals surface area contributed by atoms with E-state index in [9.17, 15) is 0 Å². The number of hydrogen-bond donors (Lipinski definition) is 0. The van der Waals surface area contributed by atoms with E-state index in [-0.39, 0.29) is 0 Å². The molecule has 0 nitrogen and oxygen atoms in total. The van der Waals surface area contributed by atoms with Crippen LogP contribution in [0.2, 0.25) is 0 Å².